The van der Waals surface area contributed by atoms with E-state index < -0.39 is 0 Å². The fourth-order valence-corrected chi connectivity index (χ4v) is 4.07. The lowest BCUT2D eigenvalue weighted by Gasteiger charge is -2.19. The molecule has 2 amide bonds. The highest BCUT2D eigenvalue weighted by Crippen LogP contribution is 2.32. The molecule has 0 bridgehead atoms. The molecule has 2 aromatic carbocycles. The van der Waals surface area contributed by atoms with E-state index in [-0.39, 0.29) is 17.6 Å². The van der Waals surface area contributed by atoms with Crippen LogP contribution in [0.2, 0.25) is 0 Å². The molecular weight excluding hydrogens is 440 g/mol. The van der Waals surface area contributed by atoms with Gasteiger partial charge in [-0.15, -0.1) is 0 Å². The normalized spacial score (nSPS) is 12.3. The van der Waals surface area contributed by atoms with Crippen LogP contribution in [0.5, 0.6) is 11.5 Å². The number of aromatic nitrogens is 2. The minimum Gasteiger partial charge on any atom is -0.486 e. The number of fused-ring (bicyclic) bond motifs is 1. The Morgan fingerprint density at radius 3 is 2.67 bits per heavy atom. The van der Waals surface area contributed by atoms with E-state index in [1.807, 2.05) is 22.9 Å². The average Bonchev–Trinajstić information content (AvgIpc) is 3.31. The quantitative estimate of drug-likeness (QED) is 0.367. The predicted molar refractivity (Wildman–Crippen MR) is 128 cm³/mol. The number of thioether (sulfide) groups is 1. The largest absolute Gasteiger partial charge is 0.486 e. The fourth-order valence-electron chi connectivity index (χ4n) is 3.30. The lowest BCUT2D eigenvalue weighted by atomic mass is 10.2. The van der Waals surface area contributed by atoms with Gasteiger partial charge in [0.15, 0.2) is 16.7 Å². The van der Waals surface area contributed by atoms with Gasteiger partial charge in [-0.3, -0.25) is 14.2 Å². The molecule has 0 aliphatic carbocycles. The second-order valence-electron chi connectivity index (χ2n) is 7.43. The number of hydrogen-bond donors (Lipinski definition) is 2. The first kappa shape index (κ1) is 22.7. The molecule has 1 aliphatic rings. The van der Waals surface area contributed by atoms with Crippen LogP contribution in [0.3, 0.4) is 0 Å². The molecule has 0 saturated heterocycles. The van der Waals surface area contributed by atoms with E-state index in [1.165, 1.54) is 11.8 Å². The van der Waals surface area contributed by atoms with Gasteiger partial charge in [0, 0.05) is 41.9 Å². The van der Waals surface area contributed by atoms with Crippen molar-refractivity contribution in [3.05, 3.63) is 60.4 Å². The van der Waals surface area contributed by atoms with Crippen LogP contribution in [0, 0.1) is 0 Å². The van der Waals surface area contributed by atoms with Gasteiger partial charge in [-0.05, 0) is 42.8 Å². The summed E-state index contributed by atoms with van der Waals surface area (Å²) in [5.74, 6) is 1.28. The minimum atomic E-state index is -0.148. The first-order valence-electron chi connectivity index (χ1n) is 10.9. The molecule has 1 aliphatic heterocycles. The van der Waals surface area contributed by atoms with Crippen molar-refractivity contribution in [3.8, 4) is 17.2 Å². The monoisotopic (exact) mass is 466 g/mol. The smallest absolute Gasteiger partial charge is 0.251 e. The number of carbonyl (C=O) groups excluding carboxylic acids is 2. The van der Waals surface area contributed by atoms with Crippen molar-refractivity contribution in [2.24, 2.45) is 0 Å². The van der Waals surface area contributed by atoms with Gasteiger partial charge in [0.05, 0.1) is 5.75 Å². The summed E-state index contributed by atoms with van der Waals surface area (Å²) in [4.78, 5) is 29.0. The lowest BCUT2D eigenvalue weighted by molar-refractivity contribution is -0.113. The van der Waals surface area contributed by atoms with Gasteiger partial charge < -0.3 is 20.1 Å². The van der Waals surface area contributed by atoms with Gasteiger partial charge in [-0.2, -0.15) is 0 Å². The van der Waals surface area contributed by atoms with Crippen LogP contribution in [-0.2, 0) is 4.79 Å². The number of hydrogen-bond acceptors (Lipinski definition) is 6. The first-order chi connectivity index (χ1) is 16.1. The van der Waals surface area contributed by atoms with Gasteiger partial charge in [0.1, 0.15) is 13.2 Å². The third-order valence-corrected chi connectivity index (χ3v) is 5.96. The van der Waals surface area contributed by atoms with E-state index in [9.17, 15) is 9.59 Å². The zero-order chi connectivity index (χ0) is 23.0. The Kier molecular flexibility index (Phi) is 7.51. The summed E-state index contributed by atoms with van der Waals surface area (Å²) in [5, 5.41) is 6.48. The molecule has 0 fully saturated rings. The number of ether oxygens (including phenoxy) is 2. The van der Waals surface area contributed by atoms with Crippen LogP contribution < -0.4 is 20.1 Å². The summed E-state index contributed by atoms with van der Waals surface area (Å²) in [6.45, 7) is 3.78. The van der Waals surface area contributed by atoms with E-state index in [2.05, 4.69) is 22.5 Å². The molecule has 4 rings (SSSR count). The fraction of sp³-hybridized carbons (Fsp3) is 0.292. The van der Waals surface area contributed by atoms with Gasteiger partial charge in [0.2, 0.25) is 5.91 Å². The molecule has 0 unspecified atom stereocenters. The van der Waals surface area contributed by atoms with Crippen LogP contribution in [0.1, 0.15) is 30.1 Å². The number of carbonyl (C=O) groups is 2. The number of unbranched alkanes of at least 4 members (excludes halogenated alkanes) is 1. The van der Waals surface area contributed by atoms with Crippen molar-refractivity contribution in [2.45, 2.75) is 24.9 Å². The van der Waals surface area contributed by atoms with Crippen molar-refractivity contribution >= 4 is 29.3 Å². The summed E-state index contributed by atoms with van der Waals surface area (Å²) >= 11 is 1.33. The number of benzene rings is 2. The second-order valence-corrected chi connectivity index (χ2v) is 8.37. The molecule has 33 heavy (non-hydrogen) atoms. The van der Waals surface area contributed by atoms with Crippen molar-refractivity contribution in [1.29, 1.82) is 0 Å². The zero-order valence-corrected chi connectivity index (χ0v) is 19.2. The Bertz CT molecular complexity index is 1110. The summed E-state index contributed by atoms with van der Waals surface area (Å²) in [7, 11) is 0. The van der Waals surface area contributed by atoms with E-state index in [4.69, 9.17) is 9.47 Å². The summed E-state index contributed by atoms with van der Waals surface area (Å²) in [6, 6.07) is 12.7. The van der Waals surface area contributed by atoms with Gasteiger partial charge in [-0.25, -0.2) is 4.98 Å². The highest BCUT2D eigenvalue weighted by Gasteiger charge is 2.14. The van der Waals surface area contributed by atoms with Crippen molar-refractivity contribution in [2.75, 3.05) is 30.8 Å². The minimum absolute atomic E-state index is 0.0777. The molecule has 0 atom stereocenters. The highest BCUT2D eigenvalue weighted by atomic mass is 32.2. The molecule has 1 aromatic heterocycles. The third kappa shape index (κ3) is 5.87. The highest BCUT2D eigenvalue weighted by molar-refractivity contribution is 7.99. The summed E-state index contributed by atoms with van der Waals surface area (Å²) in [6.07, 6.45) is 5.51. The maximum atomic E-state index is 12.5. The lowest BCUT2D eigenvalue weighted by Crippen LogP contribution is -2.24. The van der Waals surface area contributed by atoms with Crippen LogP contribution >= 0.6 is 11.8 Å². The molecule has 0 radical (unpaired) electrons. The molecule has 9 heteroatoms. The van der Waals surface area contributed by atoms with Gasteiger partial charge >= 0.3 is 0 Å². The van der Waals surface area contributed by atoms with Gasteiger partial charge in [0.25, 0.3) is 5.91 Å². The number of nitrogens with zero attached hydrogens (tertiary/aromatic N) is 2. The number of anilines is 1. The van der Waals surface area contributed by atoms with Crippen LogP contribution in [0.25, 0.3) is 5.69 Å². The number of rotatable bonds is 9. The van der Waals surface area contributed by atoms with Crippen LogP contribution in [0.15, 0.2) is 60.0 Å². The molecule has 0 saturated carbocycles. The Morgan fingerprint density at radius 1 is 1.09 bits per heavy atom. The number of nitrogens with one attached hydrogen (secondary N) is 2. The number of amides is 2. The molecular formula is C24H26N4O4S. The Hall–Kier alpha value is -3.46. The van der Waals surface area contributed by atoms with E-state index >= 15 is 0 Å². The molecule has 3 aromatic rings. The molecule has 2 heterocycles. The first-order valence-corrected chi connectivity index (χ1v) is 11.9. The molecule has 0 spiro atoms. The van der Waals surface area contributed by atoms with Gasteiger partial charge in [-0.1, -0.05) is 25.1 Å². The van der Waals surface area contributed by atoms with Crippen molar-refractivity contribution in [3.63, 3.8) is 0 Å². The van der Waals surface area contributed by atoms with Crippen molar-refractivity contribution in [1.82, 2.24) is 14.9 Å². The summed E-state index contributed by atoms with van der Waals surface area (Å²) in [5.41, 5.74) is 2.14. The number of imidazole rings is 1. The maximum Gasteiger partial charge on any atom is 0.251 e. The average molecular weight is 467 g/mol. The van der Waals surface area contributed by atoms with E-state index in [0.717, 1.165) is 18.5 Å². The Balaban J connectivity index is 1.34. The zero-order valence-electron chi connectivity index (χ0n) is 18.4. The Labute approximate surface area is 196 Å². The SMILES string of the molecule is CCCCNC(=O)c1ccc(-n2ccnc2SCC(=O)Nc2ccc3c(c2)OCCO3)cc1. The van der Waals surface area contributed by atoms with Crippen LogP contribution in [-0.4, -0.2) is 46.9 Å². The molecule has 172 valence electrons. The summed E-state index contributed by atoms with van der Waals surface area (Å²) < 4.78 is 12.9. The molecule has 2 N–H and O–H groups in total. The topological polar surface area (TPSA) is 94.5 Å². The van der Waals surface area contributed by atoms with Crippen molar-refractivity contribution < 1.29 is 19.1 Å². The Morgan fingerprint density at radius 2 is 1.88 bits per heavy atom. The van der Waals surface area contributed by atoms with E-state index in [0.29, 0.717) is 47.7 Å². The third-order valence-electron chi connectivity index (χ3n) is 4.99. The standard InChI is InChI=1S/C24H26N4O4S/c1-2-3-10-25-23(30)17-4-7-19(8-5-17)28-12-11-26-24(28)33-16-22(29)27-18-6-9-20-21(15-18)32-14-13-31-20/h4-9,11-12,15H,2-3,10,13-14,16H2,1H3,(H,25,30)(H,27,29). The maximum absolute atomic E-state index is 12.5. The predicted octanol–water partition coefficient (Wildman–Crippen LogP) is 3.90. The van der Waals surface area contributed by atoms with E-state index in [1.54, 1.807) is 36.5 Å². The van der Waals surface area contributed by atoms with Crippen LogP contribution in [0.4, 0.5) is 5.69 Å². The molecule has 8 nitrogen and oxygen atoms in total. The second kappa shape index (κ2) is 10.9.